The van der Waals surface area contributed by atoms with Crippen LogP contribution in [0.4, 0.5) is 5.69 Å². The van der Waals surface area contributed by atoms with Gasteiger partial charge in [0.15, 0.2) is 0 Å². The molecule has 0 spiro atoms. The maximum absolute atomic E-state index is 15.3. The molecule has 2 aliphatic carbocycles. The van der Waals surface area contributed by atoms with Gasteiger partial charge in [-0.15, -0.1) is 0 Å². The Hall–Kier alpha value is -4.63. The van der Waals surface area contributed by atoms with Crippen LogP contribution < -0.4 is 14.4 Å². The van der Waals surface area contributed by atoms with E-state index < -0.39 is 46.8 Å². The normalized spacial score (nSPS) is 28.2. The first kappa shape index (κ1) is 31.0. The van der Waals surface area contributed by atoms with Crippen LogP contribution >= 0.6 is 11.6 Å². The van der Waals surface area contributed by atoms with Crippen molar-refractivity contribution in [3.05, 3.63) is 94.5 Å². The van der Waals surface area contributed by atoms with Crippen LogP contribution in [0.25, 0.3) is 0 Å². The Morgan fingerprint density at radius 2 is 1.68 bits per heavy atom. The summed E-state index contributed by atoms with van der Waals surface area (Å²) in [5.41, 5.74) is 0.437. The number of nitrogens with zero attached hydrogens (tertiary/aromatic N) is 2. The van der Waals surface area contributed by atoms with Crippen molar-refractivity contribution < 1.29 is 33.8 Å². The Morgan fingerprint density at radius 1 is 0.915 bits per heavy atom. The van der Waals surface area contributed by atoms with E-state index in [1.54, 1.807) is 30.3 Å². The number of hydrogen-bond donors (Lipinski definition) is 1. The molecule has 242 valence electrons. The van der Waals surface area contributed by atoms with Gasteiger partial charge in [0.25, 0.3) is 0 Å². The van der Waals surface area contributed by atoms with Gasteiger partial charge in [0, 0.05) is 35.2 Å². The molecule has 2 aliphatic heterocycles. The minimum Gasteiger partial charge on any atom is -0.507 e. The number of phenols is 1. The molecule has 1 saturated carbocycles. The quantitative estimate of drug-likeness (QED) is 0.259. The number of aromatic hydroxyl groups is 1. The highest BCUT2D eigenvalue weighted by Crippen LogP contribution is 2.66. The smallest absolute Gasteiger partial charge is 0.246 e. The average molecular weight is 655 g/mol. The van der Waals surface area contributed by atoms with Gasteiger partial charge in [-0.25, -0.2) is 4.90 Å². The lowest BCUT2D eigenvalue weighted by molar-refractivity contribution is -0.140. The second-order valence-corrected chi connectivity index (χ2v) is 13.1. The topological polar surface area (TPSA) is 113 Å². The van der Waals surface area contributed by atoms with Gasteiger partial charge in [0.1, 0.15) is 17.2 Å². The number of fused-ring (bicyclic) bond motifs is 4. The first-order valence-electron chi connectivity index (χ1n) is 15.9. The van der Waals surface area contributed by atoms with Crippen molar-refractivity contribution in [2.75, 3.05) is 25.7 Å². The lowest BCUT2D eigenvalue weighted by Crippen LogP contribution is -2.53. The summed E-state index contributed by atoms with van der Waals surface area (Å²) in [5.74, 6) is -4.58. The van der Waals surface area contributed by atoms with E-state index in [1.165, 1.54) is 30.1 Å². The Bertz CT molecular complexity index is 1840. The van der Waals surface area contributed by atoms with Crippen LogP contribution in [-0.4, -0.2) is 54.4 Å². The van der Waals surface area contributed by atoms with Crippen molar-refractivity contribution >= 4 is 40.9 Å². The van der Waals surface area contributed by atoms with E-state index >= 15 is 4.79 Å². The first-order valence-corrected chi connectivity index (χ1v) is 16.3. The van der Waals surface area contributed by atoms with Crippen LogP contribution in [0, 0.1) is 23.7 Å². The third-order valence-electron chi connectivity index (χ3n) is 10.5. The standard InChI is InChI=1S/C37H35ClN2O7/c1-4-15-39-33(42)25-14-13-24-26(30(25)35(39)44)19-27-34(43)40(22-12-8-11-21(38)16-22)36(45)37(27,20-9-6-5-7-10-20)32(24)31-28(41)17-23(46-2)18-29(31)47-3/h5-13,16-18,25-27,30,32,41H,4,14-15,19H2,1-3H3/t25-,26+,27-,30-,32+,37+/m0/s1. The van der Waals surface area contributed by atoms with Crippen molar-refractivity contribution in [3.63, 3.8) is 0 Å². The van der Waals surface area contributed by atoms with Crippen LogP contribution in [0.2, 0.25) is 5.02 Å². The minimum absolute atomic E-state index is 0.165. The molecule has 0 radical (unpaired) electrons. The highest BCUT2D eigenvalue weighted by Gasteiger charge is 2.70. The molecular formula is C37H35ClN2O7. The highest BCUT2D eigenvalue weighted by atomic mass is 35.5. The minimum atomic E-state index is -1.54. The predicted molar refractivity (Wildman–Crippen MR) is 174 cm³/mol. The fourth-order valence-corrected chi connectivity index (χ4v) is 8.92. The zero-order valence-corrected chi connectivity index (χ0v) is 27.1. The number of anilines is 1. The lowest BCUT2D eigenvalue weighted by Gasteiger charge is -2.51. The molecule has 2 heterocycles. The summed E-state index contributed by atoms with van der Waals surface area (Å²) < 4.78 is 11.3. The Kier molecular flexibility index (Phi) is 7.62. The van der Waals surface area contributed by atoms with Crippen molar-refractivity contribution in [3.8, 4) is 17.2 Å². The number of carbonyl (C=O) groups excluding carboxylic acids is 4. The molecule has 3 fully saturated rings. The molecule has 0 bridgehead atoms. The third-order valence-corrected chi connectivity index (χ3v) is 10.8. The van der Waals surface area contributed by atoms with E-state index in [0.717, 1.165) is 5.57 Å². The number of amides is 4. The molecule has 3 aromatic rings. The largest absolute Gasteiger partial charge is 0.507 e. The zero-order valence-electron chi connectivity index (χ0n) is 26.3. The molecule has 9 nitrogen and oxygen atoms in total. The number of likely N-dealkylation sites (tertiary alicyclic amines) is 1. The monoisotopic (exact) mass is 654 g/mol. The van der Waals surface area contributed by atoms with E-state index in [0.29, 0.717) is 47.0 Å². The summed E-state index contributed by atoms with van der Waals surface area (Å²) in [6.45, 7) is 2.24. The fourth-order valence-electron chi connectivity index (χ4n) is 8.73. The number of halogens is 1. The number of methoxy groups -OCH3 is 2. The summed E-state index contributed by atoms with van der Waals surface area (Å²) in [4.78, 5) is 60.3. The summed E-state index contributed by atoms with van der Waals surface area (Å²) in [6, 6.07) is 18.9. The van der Waals surface area contributed by atoms with Gasteiger partial charge in [-0.3, -0.25) is 24.1 Å². The number of carbonyl (C=O) groups is 4. The number of benzene rings is 3. The molecule has 1 N–H and O–H groups in total. The number of phenolic OH excluding ortho intramolecular Hbond substituents is 1. The van der Waals surface area contributed by atoms with Crippen LogP contribution in [0.1, 0.15) is 43.2 Å². The van der Waals surface area contributed by atoms with Crippen molar-refractivity contribution in [2.45, 2.75) is 37.5 Å². The first-order chi connectivity index (χ1) is 22.7. The predicted octanol–water partition coefficient (Wildman–Crippen LogP) is 5.64. The van der Waals surface area contributed by atoms with E-state index in [-0.39, 0.29) is 29.7 Å². The molecular weight excluding hydrogens is 620 g/mol. The third kappa shape index (κ3) is 4.35. The Morgan fingerprint density at radius 3 is 2.36 bits per heavy atom. The van der Waals surface area contributed by atoms with Crippen LogP contribution in [0.5, 0.6) is 17.2 Å². The number of imide groups is 2. The second-order valence-electron chi connectivity index (χ2n) is 12.7. The molecule has 3 aromatic carbocycles. The van der Waals surface area contributed by atoms with Crippen LogP contribution in [0.3, 0.4) is 0 Å². The number of rotatable bonds is 7. The van der Waals surface area contributed by atoms with Gasteiger partial charge in [-0.1, -0.05) is 66.6 Å². The summed E-state index contributed by atoms with van der Waals surface area (Å²) in [7, 11) is 2.94. The molecule has 47 heavy (non-hydrogen) atoms. The highest BCUT2D eigenvalue weighted by molar-refractivity contribution is 6.32. The number of allylic oxidation sites excluding steroid dienone is 2. The van der Waals surface area contributed by atoms with Crippen LogP contribution in [0.15, 0.2) is 78.4 Å². The van der Waals surface area contributed by atoms with E-state index in [9.17, 15) is 19.5 Å². The van der Waals surface area contributed by atoms with Crippen molar-refractivity contribution in [1.29, 1.82) is 0 Å². The molecule has 0 unspecified atom stereocenters. The van der Waals surface area contributed by atoms with Gasteiger partial charge in [0.2, 0.25) is 23.6 Å². The average Bonchev–Trinajstić information content (AvgIpc) is 3.45. The van der Waals surface area contributed by atoms with E-state index in [4.69, 9.17) is 21.1 Å². The van der Waals surface area contributed by atoms with Gasteiger partial charge in [-0.2, -0.15) is 0 Å². The molecule has 4 amide bonds. The second kappa shape index (κ2) is 11.6. The fraction of sp³-hybridized carbons (Fsp3) is 0.351. The van der Waals surface area contributed by atoms with Gasteiger partial charge in [0.05, 0.1) is 43.1 Å². The molecule has 10 heteroatoms. The Balaban J connectivity index is 1.54. The molecule has 7 rings (SSSR count). The van der Waals surface area contributed by atoms with Crippen molar-refractivity contribution in [1.82, 2.24) is 4.90 Å². The summed E-state index contributed by atoms with van der Waals surface area (Å²) >= 11 is 6.37. The molecule has 4 aliphatic rings. The lowest BCUT2D eigenvalue weighted by atomic mass is 9.49. The molecule has 6 atom stereocenters. The molecule has 2 saturated heterocycles. The number of hydrogen-bond acceptors (Lipinski definition) is 7. The Labute approximate surface area is 277 Å². The zero-order chi connectivity index (χ0) is 33.2. The molecule has 0 aromatic heterocycles. The summed E-state index contributed by atoms with van der Waals surface area (Å²) in [6.07, 6.45) is 3.05. The van der Waals surface area contributed by atoms with Gasteiger partial charge >= 0.3 is 0 Å². The van der Waals surface area contributed by atoms with Crippen molar-refractivity contribution in [2.24, 2.45) is 23.7 Å². The van der Waals surface area contributed by atoms with E-state index in [2.05, 4.69) is 0 Å². The maximum atomic E-state index is 15.3. The SMILES string of the molecule is CCCN1C(=O)[C@H]2[C@H](CC=C3[C@H]2C[C@H]2C(=O)N(c4cccc(Cl)c4)C(=O)[C@@]2(c2ccccc2)[C@H]3c2c(O)cc(OC)cc2OC)C1=O. The summed E-state index contributed by atoms with van der Waals surface area (Å²) in [5, 5.41) is 12.1. The van der Waals surface area contributed by atoms with Gasteiger partial charge in [-0.05, 0) is 48.9 Å². The number of ether oxygens (including phenoxy) is 2. The van der Waals surface area contributed by atoms with E-state index in [1.807, 2.05) is 43.3 Å². The van der Waals surface area contributed by atoms with Gasteiger partial charge < -0.3 is 14.6 Å². The maximum Gasteiger partial charge on any atom is 0.246 e. The van der Waals surface area contributed by atoms with Crippen LogP contribution in [-0.2, 0) is 24.6 Å².